The van der Waals surface area contributed by atoms with E-state index in [-0.39, 0.29) is 23.8 Å². The molecule has 8 heteroatoms. The van der Waals surface area contributed by atoms with E-state index in [2.05, 4.69) is 39.5 Å². The van der Waals surface area contributed by atoms with Crippen LogP contribution in [0.15, 0.2) is 66.7 Å². The van der Waals surface area contributed by atoms with Crippen LogP contribution in [0.5, 0.6) is 0 Å². The molecule has 0 aliphatic carbocycles. The lowest BCUT2D eigenvalue weighted by Crippen LogP contribution is -2.59. The summed E-state index contributed by atoms with van der Waals surface area (Å²) in [6, 6.07) is 21.8. The highest BCUT2D eigenvalue weighted by Gasteiger charge is 2.50. The Morgan fingerprint density at radius 3 is 2.59 bits per heavy atom. The number of nitrogens with zero attached hydrogens (tertiary/aromatic N) is 3. The number of piperidine rings is 1. The average Bonchev–Trinajstić information content (AvgIpc) is 3.56. The molecular formula is C33H40FN5O2. The zero-order valence-electron chi connectivity index (χ0n) is 23.8. The van der Waals surface area contributed by atoms with Crippen LogP contribution in [0.1, 0.15) is 51.0 Å². The molecule has 2 N–H and O–H groups in total. The Balaban J connectivity index is 1.05. The van der Waals surface area contributed by atoms with Gasteiger partial charge in [0.05, 0.1) is 6.67 Å². The summed E-state index contributed by atoms with van der Waals surface area (Å²) in [7, 11) is 0. The Bertz CT molecular complexity index is 1390. The van der Waals surface area contributed by atoms with E-state index < -0.39 is 5.54 Å². The van der Waals surface area contributed by atoms with Gasteiger partial charge >= 0.3 is 6.03 Å². The van der Waals surface area contributed by atoms with E-state index in [1.807, 2.05) is 47.4 Å². The van der Waals surface area contributed by atoms with Crippen molar-refractivity contribution in [3.8, 4) is 0 Å². The number of rotatable bonds is 7. The number of benzene rings is 3. The third-order valence-electron chi connectivity index (χ3n) is 9.41. The van der Waals surface area contributed by atoms with Crippen LogP contribution < -0.4 is 15.5 Å². The lowest BCUT2D eigenvalue weighted by Gasteiger charge is -2.43. The summed E-state index contributed by atoms with van der Waals surface area (Å²) in [5.41, 5.74) is 1.67. The lowest BCUT2D eigenvalue weighted by atomic mass is 9.85. The maximum atomic E-state index is 13.6. The number of anilines is 1. The molecule has 0 aromatic heterocycles. The third-order valence-corrected chi connectivity index (χ3v) is 9.41. The van der Waals surface area contributed by atoms with Crippen molar-refractivity contribution in [3.63, 3.8) is 0 Å². The minimum absolute atomic E-state index is 0.0253. The van der Waals surface area contributed by atoms with Crippen LogP contribution in [-0.4, -0.2) is 65.7 Å². The summed E-state index contributed by atoms with van der Waals surface area (Å²) in [5.74, 6) is -0.146. The van der Waals surface area contributed by atoms with Gasteiger partial charge in [0, 0.05) is 37.4 Å². The molecule has 3 aromatic carbocycles. The molecule has 7 nitrogen and oxygen atoms in total. The normalized spacial score (nSPS) is 21.4. The Morgan fingerprint density at radius 1 is 1.05 bits per heavy atom. The monoisotopic (exact) mass is 557 g/mol. The van der Waals surface area contributed by atoms with Gasteiger partial charge in [-0.15, -0.1) is 0 Å². The molecule has 1 spiro atoms. The molecule has 2 atom stereocenters. The largest absolute Gasteiger partial charge is 0.339 e. The van der Waals surface area contributed by atoms with Gasteiger partial charge in [-0.1, -0.05) is 43.3 Å². The molecule has 3 aliphatic rings. The molecule has 6 rings (SSSR count). The predicted molar refractivity (Wildman–Crippen MR) is 160 cm³/mol. The van der Waals surface area contributed by atoms with Gasteiger partial charge in [0.25, 0.3) is 0 Å². The first-order chi connectivity index (χ1) is 19.9. The van der Waals surface area contributed by atoms with Gasteiger partial charge in [0.1, 0.15) is 11.4 Å². The van der Waals surface area contributed by atoms with E-state index in [1.165, 1.54) is 11.6 Å². The molecule has 3 aromatic rings. The summed E-state index contributed by atoms with van der Waals surface area (Å²) in [5, 5.41) is 8.34. The van der Waals surface area contributed by atoms with E-state index in [0.717, 1.165) is 55.2 Å². The van der Waals surface area contributed by atoms with E-state index in [0.29, 0.717) is 38.6 Å². The van der Waals surface area contributed by atoms with Gasteiger partial charge in [-0.3, -0.25) is 9.69 Å². The molecule has 0 radical (unpaired) electrons. The lowest BCUT2D eigenvalue weighted by molar-refractivity contribution is -0.124. The highest BCUT2D eigenvalue weighted by molar-refractivity contribution is 5.93. The van der Waals surface area contributed by atoms with Crippen LogP contribution in [0.2, 0.25) is 0 Å². The van der Waals surface area contributed by atoms with Crippen molar-refractivity contribution in [2.45, 2.75) is 69.6 Å². The fourth-order valence-electron chi connectivity index (χ4n) is 7.00. The van der Waals surface area contributed by atoms with E-state index in [9.17, 15) is 14.0 Å². The molecule has 3 saturated heterocycles. The smallest absolute Gasteiger partial charge is 0.317 e. The van der Waals surface area contributed by atoms with Crippen LogP contribution in [0, 0.1) is 5.82 Å². The number of fused-ring (bicyclic) bond motifs is 1. The first-order valence-corrected chi connectivity index (χ1v) is 15.0. The number of hydrogen-bond donors (Lipinski definition) is 2. The number of para-hydroxylation sites is 1. The molecule has 41 heavy (non-hydrogen) atoms. The molecule has 3 aliphatic heterocycles. The van der Waals surface area contributed by atoms with Gasteiger partial charge in [-0.2, -0.15) is 0 Å². The average molecular weight is 558 g/mol. The number of carbonyl (C=O) groups excluding carboxylic acids is 2. The molecule has 1 unspecified atom stereocenters. The van der Waals surface area contributed by atoms with E-state index in [1.54, 1.807) is 6.07 Å². The van der Waals surface area contributed by atoms with Crippen molar-refractivity contribution in [1.82, 2.24) is 20.4 Å². The number of likely N-dealkylation sites (tertiary alicyclic amines) is 2. The SMILES string of the molecule is CCC(C[C@H]1CCCN1Cc1ccc2cc(F)ccc2c1)NC(=O)N1CCC2(CC1)C(=O)NCN2c1ccccc1. The van der Waals surface area contributed by atoms with Crippen molar-refractivity contribution in [2.75, 3.05) is 31.2 Å². The van der Waals surface area contributed by atoms with Crippen LogP contribution in [0.4, 0.5) is 14.9 Å². The molecule has 216 valence electrons. The molecule has 3 heterocycles. The number of urea groups is 1. The number of nitrogens with one attached hydrogen (secondary N) is 2. The number of halogens is 1. The van der Waals surface area contributed by atoms with Gasteiger partial charge in [0.2, 0.25) is 5.91 Å². The number of carbonyl (C=O) groups is 2. The van der Waals surface area contributed by atoms with E-state index in [4.69, 9.17) is 0 Å². The zero-order valence-corrected chi connectivity index (χ0v) is 23.8. The van der Waals surface area contributed by atoms with Gasteiger partial charge in [0.15, 0.2) is 0 Å². The number of amides is 3. The van der Waals surface area contributed by atoms with Crippen LogP contribution in [-0.2, 0) is 11.3 Å². The fourth-order valence-corrected chi connectivity index (χ4v) is 7.00. The Kier molecular flexibility index (Phi) is 7.84. The van der Waals surface area contributed by atoms with Crippen molar-refractivity contribution in [3.05, 3.63) is 78.1 Å². The fraction of sp³-hybridized carbons (Fsp3) is 0.455. The minimum Gasteiger partial charge on any atom is -0.339 e. The molecule has 0 saturated carbocycles. The first-order valence-electron chi connectivity index (χ1n) is 15.0. The van der Waals surface area contributed by atoms with Gasteiger partial charge in [-0.05, 0) is 91.7 Å². The Labute approximate surface area is 241 Å². The Hall–Kier alpha value is -3.65. The van der Waals surface area contributed by atoms with Gasteiger partial charge < -0.3 is 20.4 Å². The van der Waals surface area contributed by atoms with Crippen LogP contribution >= 0.6 is 0 Å². The second-order valence-corrected chi connectivity index (χ2v) is 11.8. The van der Waals surface area contributed by atoms with Crippen molar-refractivity contribution in [1.29, 1.82) is 0 Å². The summed E-state index contributed by atoms with van der Waals surface area (Å²) < 4.78 is 13.6. The summed E-state index contributed by atoms with van der Waals surface area (Å²) in [4.78, 5) is 32.9. The number of hydrogen-bond acceptors (Lipinski definition) is 4. The summed E-state index contributed by atoms with van der Waals surface area (Å²) >= 11 is 0. The maximum Gasteiger partial charge on any atom is 0.317 e. The quantitative estimate of drug-likeness (QED) is 0.417. The van der Waals surface area contributed by atoms with E-state index >= 15 is 0 Å². The molecule has 0 bridgehead atoms. The zero-order chi connectivity index (χ0) is 28.4. The van der Waals surface area contributed by atoms with Crippen molar-refractivity contribution >= 4 is 28.4 Å². The second kappa shape index (κ2) is 11.7. The van der Waals surface area contributed by atoms with Crippen molar-refractivity contribution < 1.29 is 14.0 Å². The topological polar surface area (TPSA) is 67.9 Å². The van der Waals surface area contributed by atoms with Crippen molar-refractivity contribution in [2.24, 2.45) is 0 Å². The van der Waals surface area contributed by atoms with Crippen LogP contribution in [0.25, 0.3) is 10.8 Å². The highest BCUT2D eigenvalue weighted by Crippen LogP contribution is 2.36. The van der Waals surface area contributed by atoms with Crippen LogP contribution in [0.3, 0.4) is 0 Å². The minimum atomic E-state index is -0.594. The van der Waals surface area contributed by atoms with Gasteiger partial charge in [-0.25, -0.2) is 9.18 Å². The molecule has 3 amide bonds. The Morgan fingerprint density at radius 2 is 1.80 bits per heavy atom. The second-order valence-electron chi connectivity index (χ2n) is 11.8. The summed E-state index contributed by atoms with van der Waals surface area (Å²) in [6.45, 7) is 5.66. The summed E-state index contributed by atoms with van der Waals surface area (Å²) in [6.07, 6.45) is 5.31. The first kappa shape index (κ1) is 27.5. The third kappa shape index (κ3) is 5.62. The predicted octanol–water partition coefficient (Wildman–Crippen LogP) is 5.25. The molecule has 3 fully saturated rings. The standard InChI is InChI=1S/C33H40FN5O2/c1-2-28(21-30-9-6-16-38(30)22-24-10-11-26-20-27(34)13-12-25(26)19-24)36-32(41)37-17-14-33(15-18-37)31(40)35-23-39(33)29-7-4-3-5-8-29/h3-5,7-8,10-13,19-20,28,30H,2,6,9,14-18,21-23H2,1H3,(H,35,40)(H,36,41)/t28?,30-/m1/s1. The molecular weight excluding hydrogens is 517 g/mol. The maximum absolute atomic E-state index is 13.6. The highest BCUT2D eigenvalue weighted by atomic mass is 19.1.